The average Bonchev–Trinajstić information content (AvgIpc) is 2.83. The van der Waals surface area contributed by atoms with Crippen LogP contribution in [0.25, 0.3) is 11.0 Å². The Balaban J connectivity index is 2.04. The Bertz CT molecular complexity index is 564. The van der Waals surface area contributed by atoms with Crippen LogP contribution in [-0.4, -0.2) is 16.0 Å². The number of halogens is 2. The van der Waals surface area contributed by atoms with Crippen LogP contribution < -0.4 is 5.73 Å². The van der Waals surface area contributed by atoms with Gasteiger partial charge in [0.05, 0.1) is 5.52 Å². The first-order chi connectivity index (χ1) is 8.13. The van der Waals surface area contributed by atoms with Crippen molar-refractivity contribution in [3.63, 3.8) is 0 Å². The molecule has 0 saturated heterocycles. The molecule has 3 N–H and O–H groups in total. The predicted molar refractivity (Wildman–Crippen MR) is 60.6 cm³/mol. The van der Waals surface area contributed by atoms with E-state index in [-0.39, 0.29) is 17.5 Å². The molecule has 0 unspecified atom stereocenters. The van der Waals surface area contributed by atoms with Crippen LogP contribution in [0.3, 0.4) is 0 Å². The molecule has 0 aliphatic heterocycles. The van der Waals surface area contributed by atoms with Gasteiger partial charge in [0.2, 0.25) is 0 Å². The Morgan fingerprint density at radius 3 is 2.82 bits per heavy atom. The van der Waals surface area contributed by atoms with E-state index < -0.39 is 11.6 Å². The van der Waals surface area contributed by atoms with E-state index in [2.05, 4.69) is 9.97 Å². The summed E-state index contributed by atoms with van der Waals surface area (Å²) >= 11 is 0. The van der Waals surface area contributed by atoms with Gasteiger partial charge in [-0.2, -0.15) is 0 Å². The van der Waals surface area contributed by atoms with E-state index in [1.54, 1.807) is 0 Å². The summed E-state index contributed by atoms with van der Waals surface area (Å²) in [6.07, 6.45) is 2.76. The molecule has 0 bridgehead atoms. The monoisotopic (exact) mass is 237 g/mol. The van der Waals surface area contributed by atoms with Gasteiger partial charge in [-0.25, -0.2) is 13.8 Å². The molecule has 5 heteroatoms. The average molecular weight is 237 g/mol. The third kappa shape index (κ3) is 1.80. The van der Waals surface area contributed by atoms with Gasteiger partial charge >= 0.3 is 0 Å². The molecule has 2 atom stereocenters. The number of benzene rings is 1. The highest BCUT2D eigenvalue weighted by Gasteiger charge is 2.26. The molecule has 1 saturated carbocycles. The van der Waals surface area contributed by atoms with Crippen LogP contribution in [-0.2, 0) is 0 Å². The SMILES string of the molecule is N[C@H]1CC[C@@H](c2nc3c(F)cc(F)cc3[nH]2)C1. The van der Waals surface area contributed by atoms with E-state index in [9.17, 15) is 8.78 Å². The molecule has 0 amide bonds. The summed E-state index contributed by atoms with van der Waals surface area (Å²) in [6, 6.07) is 2.31. The predicted octanol–water partition coefficient (Wildman–Crippen LogP) is 2.44. The fraction of sp³-hybridized carbons (Fsp3) is 0.417. The first-order valence-corrected chi connectivity index (χ1v) is 5.73. The third-order valence-corrected chi connectivity index (χ3v) is 3.38. The van der Waals surface area contributed by atoms with E-state index in [1.807, 2.05) is 0 Å². The molecule has 1 aliphatic rings. The van der Waals surface area contributed by atoms with Gasteiger partial charge in [-0.3, -0.25) is 0 Å². The summed E-state index contributed by atoms with van der Waals surface area (Å²) in [7, 11) is 0. The molecule has 3 rings (SSSR count). The van der Waals surface area contributed by atoms with Crippen LogP contribution in [0.1, 0.15) is 31.0 Å². The van der Waals surface area contributed by atoms with Gasteiger partial charge in [0, 0.05) is 18.0 Å². The minimum Gasteiger partial charge on any atom is -0.342 e. The summed E-state index contributed by atoms with van der Waals surface area (Å²) in [5, 5.41) is 0. The van der Waals surface area contributed by atoms with Crippen LogP contribution in [0.4, 0.5) is 8.78 Å². The number of aromatic amines is 1. The quantitative estimate of drug-likeness (QED) is 0.800. The maximum atomic E-state index is 13.5. The number of nitrogens with zero attached hydrogens (tertiary/aromatic N) is 1. The Labute approximate surface area is 97.0 Å². The molecule has 3 nitrogen and oxygen atoms in total. The molecule has 90 valence electrons. The van der Waals surface area contributed by atoms with Crippen molar-refractivity contribution in [3.05, 3.63) is 29.6 Å². The summed E-state index contributed by atoms with van der Waals surface area (Å²) in [4.78, 5) is 7.21. The Kier molecular flexibility index (Phi) is 2.36. The molecule has 17 heavy (non-hydrogen) atoms. The topological polar surface area (TPSA) is 54.7 Å². The van der Waals surface area contributed by atoms with Crippen LogP contribution in [0.5, 0.6) is 0 Å². The molecule has 1 aliphatic carbocycles. The normalized spacial score (nSPS) is 24.6. The van der Waals surface area contributed by atoms with Crippen LogP contribution >= 0.6 is 0 Å². The van der Waals surface area contributed by atoms with Gasteiger partial charge in [0.15, 0.2) is 5.82 Å². The van der Waals surface area contributed by atoms with Crippen molar-refractivity contribution < 1.29 is 8.78 Å². The zero-order chi connectivity index (χ0) is 12.0. The lowest BCUT2D eigenvalue weighted by Gasteiger charge is -2.04. The van der Waals surface area contributed by atoms with Gasteiger partial charge < -0.3 is 10.7 Å². The van der Waals surface area contributed by atoms with Crippen LogP contribution in [0.15, 0.2) is 12.1 Å². The number of hydrogen-bond acceptors (Lipinski definition) is 2. The Morgan fingerprint density at radius 1 is 1.29 bits per heavy atom. The molecule has 1 heterocycles. The van der Waals surface area contributed by atoms with Crippen LogP contribution in [0.2, 0.25) is 0 Å². The standard InChI is InChI=1S/C12H13F2N3/c13-7-4-9(14)11-10(5-7)16-12(17-11)6-1-2-8(15)3-6/h4-6,8H,1-3,15H2,(H,16,17)/t6-,8+/m1/s1. The second-order valence-corrected chi connectivity index (χ2v) is 4.68. The zero-order valence-electron chi connectivity index (χ0n) is 9.21. The highest BCUT2D eigenvalue weighted by molar-refractivity contribution is 5.75. The number of fused-ring (bicyclic) bond motifs is 1. The van der Waals surface area contributed by atoms with E-state index in [0.717, 1.165) is 31.2 Å². The number of H-pyrrole nitrogens is 1. The first kappa shape index (κ1) is 10.7. The minimum atomic E-state index is -0.621. The number of nitrogens with two attached hydrogens (primary N) is 1. The summed E-state index contributed by atoms with van der Waals surface area (Å²) in [5.41, 5.74) is 6.46. The lowest BCUT2D eigenvalue weighted by atomic mass is 10.1. The van der Waals surface area contributed by atoms with Crippen molar-refractivity contribution in [1.82, 2.24) is 9.97 Å². The molecular formula is C12H13F2N3. The smallest absolute Gasteiger partial charge is 0.153 e. The molecule has 0 spiro atoms. The summed E-state index contributed by atoms with van der Waals surface area (Å²) < 4.78 is 26.5. The van der Waals surface area contributed by atoms with E-state index in [1.165, 1.54) is 6.07 Å². The van der Waals surface area contributed by atoms with Crippen molar-refractivity contribution in [1.29, 1.82) is 0 Å². The lowest BCUT2D eigenvalue weighted by Crippen LogP contribution is -2.14. The van der Waals surface area contributed by atoms with E-state index in [4.69, 9.17) is 5.73 Å². The molecule has 2 aromatic rings. The van der Waals surface area contributed by atoms with Crippen molar-refractivity contribution in [2.75, 3.05) is 0 Å². The second kappa shape index (κ2) is 3.77. The van der Waals surface area contributed by atoms with Gasteiger partial charge in [-0.1, -0.05) is 0 Å². The molecule has 1 aromatic heterocycles. The highest BCUT2D eigenvalue weighted by atomic mass is 19.1. The fourth-order valence-electron chi connectivity index (χ4n) is 2.52. The fourth-order valence-corrected chi connectivity index (χ4v) is 2.52. The summed E-state index contributed by atoms with van der Waals surface area (Å²) in [5.74, 6) is -0.254. The minimum absolute atomic E-state index is 0.190. The lowest BCUT2D eigenvalue weighted by molar-refractivity contribution is 0.590. The van der Waals surface area contributed by atoms with Crippen LogP contribution in [0, 0.1) is 11.6 Å². The van der Waals surface area contributed by atoms with Gasteiger partial charge in [0.25, 0.3) is 0 Å². The maximum absolute atomic E-state index is 13.5. The number of rotatable bonds is 1. The van der Waals surface area contributed by atoms with Crippen molar-refractivity contribution in [2.45, 2.75) is 31.2 Å². The van der Waals surface area contributed by atoms with Crippen molar-refractivity contribution in [3.8, 4) is 0 Å². The number of nitrogens with one attached hydrogen (secondary N) is 1. The zero-order valence-corrected chi connectivity index (χ0v) is 9.21. The van der Waals surface area contributed by atoms with Gasteiger partial charge in [-0.15, -0.1) is 0 Å². The van der Waals surface area contributed by atoms with Crippen molar-refractivity contribution >= 4 is 11.0 Å². The Hall–Kier alpha value is -1.49. The number of hydrogen-bond donors (Lipinski definition) is 2. The largest absolute Gasteiger partial charge is 0.342 e. The van der Waals surface area contributed by atoms with E-state index in [0.29, 0.717) is 5.52 Å². The summed E-state index contributed by atoms with van der Waals surface area (Å²) in [6.45, 7) is 0. The number of imidazole rings is 1. The molecule has 1 fully saturated rings. The molecular weight excluding hydrogens is 224 g/mol. The molecule has 1 aromatic carbocycles. The molecule has 0 radical (unpaired) electrons. The van der Waals surface area contributed by atoms with E-state index >= 15 is 0 Å². The first-order valence-electron chi connectivity index (χ1n) is 5.73. The van der Waals surface area contributed by atoms with Gasteiger partial charge in [0.1, 0.15) is 17.2 Å². The van der Waals surface area contributed by atoms with Crippen molar-refractivity contribution in [2.24, 2.45) is 5.73 Å². The third-order valence-electron chi connectivity index (χ3n) is 3.38. The Morgan fingerprint density at radius 2 is 2.12 bits per heavy atom. The number of aromatic nitrogens is 2. The van der Waals surface area contributed by atoms with Gasteiger partial charge in [-0.05, 0) is 25.3 Å². The second-order valence-electron chi connectivity index (χ2n) is 4.68. The maximum Gasteiger partial charge on any atom is 0.153 e. The highest BCUT2D eigenvalue weighted by Crippen LogP contribution is 2.33.